The van der Waals surface area contributed by atoms with Gasteiger partial charge in [0.05, 0.1) is 12.4 Å². The maximum Gasteiger partial charge on any atom is 0.341 e. The van der Waals surface area contributed by atoms with Crippen molar-refractivity contribution in [3.05, 3.63) is 76.4 Å². The van der Waals surface area contributed by atoms with E-state index in [0.717, 1.165) is 28.0 Å². The summed E-state index contributed by atoms with van der Waals surface area (Å²) in [6.45, 7) is 7.99. The first kappa shape index (κ1) is 27.4. The number of anilines is 1. The van der Waals surface area contributed by atoms with Gasteiger partial charge in [0.1, 0.15) is 16.3 Å². The quantitative estimate of drug-likeness (QED) is 0.185. The number of hydrogen-bond acceptors (Lipinski definition) is 8. The Balaban J connectivity index is 1.43. The lowest BCUT2D eigenvalue weighted by atomic mass is 10.0. The molecule has 2 aromatic heterocycles. The molecule has 4 aromatic rings. The second-order valence-electron chi connectivity index (χ2n) is 8.63. The van der Waals surface area contributed by atoms with Crippen molar-refractivity contribution >= 4 is 40.0 Å². The highest BCUT2D eigenvalue weighted by molar-refractivity contribution is 7.99. The van der Waals surface area contributed by atoms with E-state index in [1.807, 2.05) is 86.3 Å². The molecule has 1 amide bonds. The zero-order chi connectivity index (χ0) is 27.2. The fraction of sp³-hybridized carbons (Fsp3) is 0.286. The van der Waals surface area contributed by atoms with Crippen LogP contribution in [0.1, 0.15) is 47.3 Å². The number of nitrogens with zero attached hydrogens (tertiary/aromatic N) is 3. The number of carbonyl (C=O) groups excluding carboxylic acids is 2. The third-order valence-corrected chi connectivity index (χ3v) is 7.95. The number of amides is 1. The Hall–Kier alpha value is -3.63. The van der Waals surface area contributed by atoms with Crippen LogP contribution in [-0.4, -0.2) is 39.0 Å². The zero-order valence-electron chi connectivity index (χ0n) is 22.0. The summed E-state index contributed by atoms with van der Waals surface area (Å²) in [7, 11) is 1.85. The van der Waals surface area contributed by atoms with Crippen LogP contribution in [-0.2, 0) is 16.6 Å². The predicted octanol–water partition coefficient (Wildman–Crippen LogP) is 6.21. The molecule has 10 heteroatoms. The standard InChI is InChI=1S/C28H30N4O4S2/c1-6-35-27(34)24-21(20-12-8-7-9-13-20)15-37-26(24)29-23(33)16-38-28-31-30-25(32(28)5)19(4)36-22-14-10-11-17(2)18(22)3/h7-15,19H,6,16H2,1-5H3,(H,29,33). The average Bonchev–Trinajstić information content (AvgIpc) is 3.49. The number of rotatable bonds is 10. The van der Waals surface area contributed by atoms with Gasteiger partial charge in [0.2, 0.25) is 5.91 Å². The fourth-order valence-electron chi connectivity index (χ4n) is 3.88. The number of ether oxygens (including phenoxy) is 2. The van der Waals surface area contributed by atoms with Crippen molar-refractivity contribution in [3.63, 3.8) is 0 Å². The molecule has 1 atom stereocenters. The first-order valence-electron chi connectivity index (χ1n) is 12.2. The van der Waals surface area contributed by atoms with Crippen LogP contribution in [0.25, 0.3) is 11.1 Å². The number of carbonyl (C=O) groups is 2. The maximum absolute atomic E-state index is 12.9. The minimum Gasteiger partial charge on any atom is -0.482 e. The summed E-state index contributed by atoms with van der Waals surface area (Å²) in [5.41, 5.74) is 4.21. The molecule has 4 rings (SSSR count). The molecule has 0 radical (unpaired) electrons. The maximum atomic E-state index is 12.9. The monoisotopic (exact) mass is 550 g/mol. The van der Waals surface area contributed by atoms with Gasteiger partial charge in [0.25, 0.3) is 0 Å². The number of nitrogens with one attached hydrogen (secondary N) is 1. The summed E-state index contributed by atoms with van der Waals surface area (Å²) in [6.07, 6.45) is -0.328. The number of aryl methyl sites for hydroxylation is 1. The highest BCUT2D eigenvalue weighted by Crippen LogP contribution is 2.36. The Bertz CT molecular complexity index is 1430. The Morgan fingerprint density at radius 1 is 1.11 bits per heavy atom. The van der Waals surface area contributed by atoms with E-state index in [0.29, 0.717) is 21.5 Å². The molecule has 0 fully saturated rings. The van der Waals surface area contributed by atoms with Crippen LogP contribution in [0.3, 0.4) is 0 Å². The van der Waals surface area contributed by atoms with E-state index in [2.05, 4.69) is 15.5 Å². The lowest BCUT2D eigenvalue weighted by Crippen LogP contribution is -2.17. The molecule has 0 saturated heterocycles. The van der Waals surface area contributed by atoms with Crippen LogP contribution in [0, 0.1) is 13.8 Å². The summed E-state index contributed by atoms with van der Waals surface area (Å²) < 4.78 is 13.3. The molecule has 0 bridgehead atoms. The van der Waals surface area contributed by atoms with Crippen LogP contribution < -0.4 is 10.1 Å². The molecule has 0 saturated carbocycles. The molecule has 0 aliphatic rings. The van der Waals surface area contributed by atoms with E-state index in [-0.39, 0.29) is 24.4 Å². The second-order valence-corrected chi connectivity index (χ2v) is 10.5. The van der Waals surface area contributed by atoms with Crippen molar-refractivity contribution in [2.45, 2.75) is 39.0 Å². The fourth-order valence-corrected chi connectivity index (χ4v) is 5.57. The predicted molar refractivity (Wildman–Crippen MR) is 151 cm³/mol. The number of aromatic nitrogens is 3. The third-order valence-electron chi connectivity index (χ3n) is 6.03. The second kappa shape index (κ2) is 12.3. The smallest absolute Gasteiger partial charge is 0.341 e. The van der Waals surface area contributed by atoms with Gasteiger partial charge in [0.15, 0.2) is 17.1 Å². The molecule has 0 aliphatic heterocycles. The van der Waals surface area contributed by atoms with E-state index in [4.69, 9.17) is 9.47 Å². The Labute approximate surface area is 230 Å². The summed E-state index contributed by atoms with van der Waals surface area (Å²) in [4.78, 5) is 25.6. The molecule has 1 unspecified atom stereocenters. The molecule has 1 N–H and O–H groups in total. The van der Waals surface area contributed by atoms with E-state index >= 15 is 0 Å². The van der Waals surface area contributed by atoms with Gasteiger partial charge in [-0.2, -0.15) is 0 Å². The number of thioether (sulfide) groups is 1. The first-order valence-corrected chi connectivity index (χ1v) is 14.1. The number of hydrogen-bond donors (Lipinski definition) is 1. The van der Waals surface area contributed by atoms with Crippen LogP contribution in [0.4, 0.5) is 5.00 Å². The molecule has 2 aromatic carbocycles. The molecular weight excluding hydrogens is 520 g/mol. The van der Waals surface area contributed by atoms with E-state index < -0.39 is 5.97 Å². The summed E-state index contributed by atoms with van der Waals surface area (Å²) >= 11 is 2.56. The molecule has 198 valence electrons. The van der Waals surface area contributed by atoms with E-state index in [1.165, 1.54) is 23.1 Å². The minimum atomic E-state index is -0.466. The molecule has 0 aliphatic carbocycles. The SMILES string of the molecule is CCOC(=O)c1c(-c2ccccc2)csc1NC(=O)CSc1nnc(C(C)Oc2cccc(C)c2C)n1C. The van der Waals surface area contributed by atoms with Crippen molar-refractivity contribution < 1.29 is 19.1 Å². The zero-order valence-corrected chi connectivity index (χ0v) is 23.6. The number of esters is 1. The van der Waals surface area contributed by atoms with Crippen molar-refractivity contribution in [2.24, 2.45) is 7.05 Å². The highest BCUT2D eigenvalue weighted by atomic mass is 32.2. The van der Waals surface area contributed by atoms with E-state index in [9.17, 15) is 9.59 Å². The number of benzene rings is 2. The normalized spacial score (nSPS) is 11.7. The van der Waals surface area contributed by atoms with Gasteiger partial charge in [-0.15, -0.1) is 21.5 Å². The third kappa shape index (κ3) is 6.08. The van der Waals surface area contributed by atoms with Gasteiger partial charge in [-0.1, -0.05) is 54.2 Å². The Morgan fingerprint density at radius 2 is 1.87 bits per heavy atom. The van der Waals surface area contributed by atoms with Crippen LogP contribution in [0.15, 0.2) is 59.1 Å². The summed E-state index contributed by atoms with van der Waals surface area (Å²) in [5, 5.41) is 14.3. The molecule has 8 nitrogen and oxygen atoms in total. The lowest BCUT2D eigenvalue weighted by molar-refractivity contribution is -0.113. The minimum absolute atomic E-state index is 0.0963. The van der Waals surface area contributed by atoms with Crippen LogP contribution in [0.2, 0.25) is 0 Å². The van der Waals surface area contributed by atoms with Crippen molar-refractivity contribution in [2.75, 3.05) is 17.7 Å². The Kier molecular flexibility index (Phi) is 8.85. The Morgan fingerprint density at radius 3 is 2.61 bits per heavy atom. The molecular formula is C28H30N4O4S2. The van der Waals surface area contributed by atoms with Crippen molar-refractivity contribution in [3.8, 4) is 16.9 Å². The largest absolute Gasteiger partial charge is 0.482 e. The van der Waals surface area contributed by atoms with E-state index in [1.54, 1.807) is 6.92 Å². The van der Waals surface area contributed by atoms with Gasteiger partial charge < -0.3 is 19.4 Å². The van der Waals surface area contributed by atoms with Gasteiger partial charge in [-0.05, 0) is 50.5 Å². The van der Waals surface area contributed by atoms with Gasteiger partial charge in [-0.25, -0.2) is 4.79 Å². The average molecular weight is 551 g/mol. The van der Waals surface area contributed by atoms with Crippen LogP contribution >= 0.6 is 23.1 Å². The lowest BCUT2D eigenvalue weighted by Gasteiger charge is -2.16. The van der Waals surface area contributed by atoms with Crippen LogP contribution in [0.5, 0.6) is 5.75 Å². The van der Waals surface area contributed by atoms with Crippen molar-refractivity contribution in [1.82, 2.24) is 14.8 Å². The topological polar surface area (TPSA) is 95.3 Å². The molecule has 0 spiro atoms. The summed E-state index contributed by atoms with van der Waals surface area (Å²) in [6, 6.07) is 15.5. The highest BCUT2D eigenvalue weighted by Gasteiger charge is 2.23. The van der Waals surface area contributed by atoms with Gasteiger partial charge in [-0.3, -0.25) is 4.79 Å². The first-order chi connectivity index (χ1) is 18.3. The van der Waals surface area contributed by atoms with Gasteiger partial charge >= 0.3 is 5.97 Å². The molecule has 2 heterocycles. The van der Waals surface area contributed by atoms with Crippen molar-refractivity contribution in [1.29, 1.82) is 0 Å². The molecule has 38 heavy (non-hydrogen) atoms. The summed E-state index contributed by atoms with van der Waals surface area (Å²) in [5.74, 6) is 0.831. The van der Waals surface area contributed by atoms with Gasteiger partial charge in [0, 0.05) is 18.0 Å². The number of thiophene rings is 1.